The third kappa shape index (κ3) is 6.31. The van der Waals surface area contributed by atoms with Gasteiger partial charge in [0.2, 0.25) is 0 Å². The SMILES string of the molecule is CC(C)(C)n1cc(C(=O)N2CCOCC3(CC(CNC(=O)c4cc(=O)n5[nH]cnc5n4)CO3)C2)cn1.O=CO. The number of carbonyl (C=O) groups excluding carboxylic acids is 2. The van der Waals surface area contributed by atoms with Gasteiger partial charge in [-0.1, -0.05) is 0 Å². The molecule has 0 aromatic carbocycles. The van der Waals surface area contributed by atoms with E-state index in [4.69, 9.17) is 19.4 Å². The summed E-state index contributed by atoms with van der Waals surface area (Å²) in [6.45, 7) is 8.24. The predicted octanol–water partition coefficient (Wildman–Crippen LogP) is -0.252. The largest absolute Gasteiger partial charge is 0.483 e. The Bertz CT molecular complexity index is 1390. The van der Waals surface area contributed by atoms with Gasteiger partial charge >= 0.3 is 0 Å². The molecule has 2 aliphatic rings. The fraction of sp³-hybridized carbons (Fsp3) is 0.542. The maximum Gasteiger partial charge on any atom is 0.290 e. The van der Waals surface area contributed by atoms with Crippen LogP contribution >= 0.6 is 0 Å². The van der Waals surface area contributed by atoms with Crippen molar-refractivity contribution in [3.8, 4) is 0 Å². The molecule has 5 heterocycles. The van der Waals surface area contributed by atoms with Gasteiger partial charge in [-0.2, -0.15) is 9.61 Å². The zero-order chi connectivity index (χ0) is 28.2. The maximum atomic E-state index is 13.3. The van der Waals surface area contributed by atoms with Gasteiger partial charge in [-0.15, -0.1) is 0 Å². The lowest BCUT2D eigenvalue weighted by atomic mass is 9.94. The second-order valence-corrected chi connectivity index (χ2v) is 10.5. The van der Waals surface area contributed by atoms with E-state index in [-0.39, 0.29) is 35.3 Å². The second kappa shape index (κ2) is 11.3. The Kier molecular flexibility index (Phi) is 8.11. The van der Waals surface area contributed by atoms with Crippen LogP contribution in [0.5, 0.6) is 0 Å². The fourth-order valence-corrected chi connectivity index (χ4v) is 4.61. The van der Waals surface area contributed by atoms with Crippen LogP contribution in [0.3, 0.4) is 0 Å². The number of carboxylic acid groups (broad SMARTS) is 1. The van der Waals surface area contributed by atoms with Gasteiger partial charge in [0.25, 0.3) is 29.6 Å². The van der Waals surface area contributed by atoms with E-state index >= 15 is 0 Å². The van der Waals surface area contributed by atoms with Crippen molar-refractivity contribution in [1.29, 1.82) is 0 Å². The minimum Gasteiger partial charge on any atom is -0.483 e. The molecule has 15 nitrogen and oxygen atoms in total. The minimum atomic E-state index is -0.646. The quantitative estimate of drug-likeness (QED) is 0.370. The summed E-state index contributed by atoms with van der Waals surface area (Å²) in [5, 5.41) is 16.7. The van der Waals surface area contributed by atoms with E-state index in [0.29, 0.717) is 51.4 Å². The van der Waals surface area contributed by atoms with Crippen LogP contribution in [0.15, 0.2) is 29.6 Å². The third-order valence-corrected chi connectivity index (χ3v) is 6.49. The van der Waals surface area contributed by atoms with Gasteiger partial charge in [0.1, 0.15) is 17.6 Å². The van der Waals surface area contributed by atoms with Crippen LogP contribution in [0.4, 0.5) is 0 Å². The van der Waals surface area contributed by atoms with Crippen LogP contribution in [-0.4, -0.2) is 103 Å². The van der Waals surface area contributed by atoms with Gasteiger partial charge in [-0.05, 0) is 27.2 Å². The summed E-state index contributed by atoms with van der Waals surface area (Å²) in [6.07, 6.45) is 5.32. The molecule has 1 spiro atoms. The number of carbonyl (C=O) groups is 3. The first-order valence-electron chi connectivity index (χ1n) is 12.4. The number of aromatic nitrogens is 6. The molecule has 2 unspecified atom stereocenters. The highest BCUT2D eigenvalue weighted by Gasteiger charge is 2.44. The number of hydrogen-bond acceptors (Lipinski definition) is 9. The minimum absolute atomic E-state index is 0.00565. The molecule has 0 radical (unpaired) electrons. The highest BCUT2D eigenvalue weighted by Crippen LogP contribution is 2.33. The van der Waals surface area contributed by atoms with Crippen LogP contribution < -0.4 is 10.9 Å². The van der Waals surface area contributed by atoms with Crippen molar-refractivity contribution in [2.45, 2.75) is 38.3 Å². The average molecular weight is 545 g/mol. The maximum absolute atomic E-state index is 13.3. The number of nitrogens with one attached hydrogen (secondary N) is 2. The predicted molar refractivity (Wildman–Crippen MR) is 135 cm³/mol. The first kappa shape index (κ1) is 27.9. The van der Waals surface area contributed by atoms with Gasteiger partial charge in [-0.25, -0.2) is 9.97 Å². The molecule has 5 rings (SSSR count). The van der Waals surface area contributed by atoms with Crippen LogP contribution in [0.1, 0.15) is 48.0 Å². The third-order valence-electron chi connectivity index (χ3n) is 6.49. The normalized spacial score (nSPS) is 21.3. The van der Waals surface area contributed by atoms with Crippen LogP contribution in [0.25, 0.3) is 5.78 Å². The Hall–Kier alpha value is -4.11. The molecule has 210 valence electrons. The lowest BCUT2D eigenvalue weighted by Crippen LogP contribution is -2.46. The number of aromatic amines is 1. The molecule has 15 heteroatoms. The van der Waals surface area contributed by atoms with Gasteiger partial charge < -0.3 is 24.8 Å². The summed E-state index contributed by atoms with van der Waals surface area (Å²) in [5.74, 6) is -0.416. The summed E-state index contributed by atoms with van der Waals surface area (Å²) < 4.78 is 14.9. The van der Waals surface area contributed by atoms with Gasteiger partial charge in [0.05, 0.1) is 43.7 Å². The number of hydrogen-bond donors (Lipinski definition) is 3. The number of amides is 2. The van der Waals surface area contributed by atoms with E-state index in [0.717, 1.165) is 10.6 Å². The van der Waals surface area contributed by atoms with Crippen molar-refractivity contribution >= 4 is 24.1 Å². The monoisotopic (exact) mass is 544 g/mol. The number of nitrogens with zero attached hydrogens (tertiary/aromatic N) is 6. The van der Waals surface area contributed by atoms with E-state index in [1.165, 1.54) is 6.33 Å². The topological polar surface area (TPSA) is 186 Å². The molecular formula is C24H32N8O7. The fourth-order valence-electron chi connectivity index (χ4n) is 4.61. The number of rotatable bonds is 4. The highest BCUT2D eigenvalue weighted by atomic mass is 16.5. The van der Waals surface area contributed by atoms with Crippen molar-refractivity contribution in [3.63, 3.8) is 0 Å². The van der Waals surface area contributed by atoms with E-state index in [2.05, 4.69) is 25.5 Å². The standard InChI is InChI=1S/C23H30N8O5.CH2O2/c1-22(2,3)30-10-16(9-26-30)20(34)29-4-5-35-13-23(12-29)7-15(11-36-23)8-24-19(33)17-6-18(32)31-21(28-17)25-14-27-31;2-1-3/h6,9-10,14-15H,4-5,7-8,11-13H2,1-3H3,(H,24,33)(H,25,27,28);1H,(H,2,3). The van der Waals surface area contributed by atoms with E-state index in [1.807, 2.05) is 20.8 Å². The molecular weight excluding hydrogens is 512 g/mol. The van der Waals surface area contributed by atoms with Gasteiger partial charge in [0, 0.05) is 31.3 Å². The summed E-state index contributed by atoms with van der Waals surface area (Å²) in [4.78, 5) is 56.1. The van der Waals surface area contributed by atoms with Crippen molar-refractivity contribution in [2.24, 2.45) is 5.92 Å². The summed E-state index contributed by atoms with van der Waals surface area (Å²) >= 11 is 0. The zero-order valence-corrected chi connectivity index (χ0v) is 22.0. The van der Waals surface area contributed by atoms with Crippen molar-refractivity contribution in [1.82, 2.24) is 39.6 Å². The van der Waals surface area contributed by atoms with Crippen LogP contribution in [0.2, 0.25) is 0 Å². The Morgan fingerprint density at radius 2 is 2.13 bits per heavy atom. The van der Waals surface area contributed by atoms with Crippen LogP contribution in [-0.2, 0) is 19.8 Å². The highest BCUT2D eigenvalue weighted by molar-refractivity contribution is 5.94. The number of fused-ring (bicyclic) bond motifs is 1. The lowest BCUT2D eigenvalue weighted by molar-refractivity contribution is -0.122. The second-order valence-electron chi connectivity index (χ2n) is 10.5. The summed E-state index contributed by atoms with van der Waals surface area (Å²) in [5.41, 5.74) is -0.750. The Balaban J connectivity index is 0.00000112. The Labute approximate surface area is 223 Å². The van der Waals surface area contributed by atoms with Crippen molar-refractivity contribution < 1.29 is 29.0 Å². The molecule has 0 aliphatic carbocycles. The van der Waals surface area contributed by atoms with E-state index < -0.39 is 17.1 Å². The molecule has 0 bridgehead atoms. The lowest BCUT2D eigenvalue weighted by Gasteiger charge is -2.31. The summed E-state index contributed by atoms with van der Waals surface area (Å²) in [7, 11) is 0. The number of H-pyrrole nitrogens is 1. The zero-order valence-electron chi connectivity index (χ0n) is 22.0. The van der Waals surface area contributed by atoms with Crippen molar-refractivity contribution in [2.75, 3.05) is 39.5 Å². The Morgan fingerprint density at radius 1 is 1.36 bits per heavy atom. The number of ether oxygens (including phenoxy) is 2. The first-order chi connectivity index (χ1) is 18.5. The molecule has 3 aromatic heterocycles. The smallest absolute Gasteiger partial charge is 0.290 e. The molecule has 2 atom stereocenters. The van der Waals surface area contributed by atoms with E-state index in [9.17, 15) is 14.4 Å². The van der Waals surface area contributed by atoms with Crippen molar-refractivity contribution in [3.05, 3.63) is 46.4 Å². The summed E-state index contributed by atoms with van der Waals surface area (Å²) in [6, 6.07) is 1.16. The molecule has 3 aromatic rings. The van der Waals surface area contributed by atoms with Crippen LogP contribution in [0, 0.1) is 5.92 Å². The van der Waals surface area contributed by atoms with Gasteiger partial charge in [-0.3, -0.25) is 29.0 Å². The first-order valence-corrected chi connectivity index (χ1v) is 12.4. The molecule has 2 saturated heterocycles. The van der Waals surface area contributed by atoms with E-state index in [1.54, 1.807) is 22.0 Å². The van der Waals surface area contributed by atoms with Gasteiger partial charge in [0.15, 0.2) is 0 Å². The molecule has 3 N–H and O–H groups in total. The molecule has 2 amide bonds. The Morgan fingerprint density at radius 3 is 2.85 bits per heavy atom. The molecule has 39 heavy (non-hydrogen) atoms. The molecule has 2 aliphatic heterocycles. The average Bonchev–Trinajstić information content (AvgIpc) is 3.62. The molecule has 2 fully saturated rings. The molecule has 0 saturated carbocycles.